The Morgan fingerprint density at radius 3 is 2.62 bits per heavy atom. The number of aromatic nitrogens is 1. The summed E-state index contributed by atoms with van der Waals surface area (Å²) in [7, 11) is 1.34. The molecule has 2 aromatic carbocycles. The topological polar surface area (TPSA) is 136 Å². The van der Waals surface area contributed by atoms with Gasteiger partial charge < -0.3 is 30.9 Å². The van der Waals surface area contributed by atoms with Crippen molar-refractivity contribution in [1.82, 2.24) is 10.3 Å². The van der Waals surface area contributed by atoms with Crippen molar-refractivity contribution >= 4 is 39.9 Å². The van der Waals surface area contributed by atoms with E-state index in [1.54, 1.807) is 24.3 Å². The number of ketones is 1. The molecule has 3 rings (SSSR count). The Balaban J connectivity index is 1.60. The highest BCUT2D eigenvalue weighted by Gasteiger charge is 2.19. The summed E-state index contributed by atoms with van der Waals surface area (Å²) in [5, 5.41) is 14.3. The van der Waals surface area contributed by atoms with Crippen LogP contribution in [0.4, 0.5) is 25.8 Å². The van der Waals surface area contributed by atoms with Gasteiger partial charge in [0.2, 0.25) is 5.78 Å². The molecular weight excluding hydrogens is 439 g/mol. The summed E-state index contributed by atoms with van der Waals surface area (Å²) >= 11 is 1.06. The Hall–Kier alpha value is -3.86. The van der Waals surface area contributed by atoms with Gasteiger partial charge in [0.05, 0.1) is 13.7 Å². The van der Waals surface area contributed by atoms with Crippen molar-refractivity contribution in [2.75, 3.05) is 31.3 Å². The zero-order valence-electron chi connectivity index (χ0n) is 17.1. The summed E-state index contributed by atoms with van der Waals surface area (Å²) in [6.45, 7) is 0.679. The Morgan fingerprint density at radius 1 is 1.22 bits per heavy atom. The normalized spacial score (nSPS) is 10.4. The molecule has 0 aliphatic heterocycles. The Labute approximate surface area is 187 Å². The lowest BCUT2D eigenvalue weighted by atomic mass is 10.1. The lowest BCUT2D eigenvalue weighted by Gasteiger charge is -2.07. The molecule has 1 aromatic heterocycles. The largest absolute Gasteiger partial charge is 0.494 e. The molecule has 1 amide bonds. The van der Waals surface area contributed by atoms with Gasteiger partial charge in [0, 0.05) is 17.8 Å². The number of carbonyl (C=O) groups is 2. The van der Waals surface area contributed by atoms with Gasteiger partial charge in [0.1, 0.15) is 16.4 Å². The van der Waals surface area contributed by atoms with Gasteiger partial charge in [0.25, 0.3) is 0 Å². The maximum absolute atomic E-state index is 13.9. The summed E-state index contributed by atoms with van der Waals surface area (Å²) in [6.07, 6.45) is -0.524. The van der Waals surface area contributed by atoms with Crippen molar-refractivity contribution in [3.63, 3.8) is 0 Å². The first-order chi connectivity index (χ1) is 15.4. The average Bonchev–Trinajstić information content (AvgIpc) is 3.13. The second-order valence-corrected chi connectivity index (χ2v) is 7.49. The van der Waals surface area contributed by atoms with E-state index in [1.807, 2.05) is 0 Å². The standard InChI is InChI=1S/C21H21FN4O5S/c1-30-16-8-3-12(11-15(16)22)17(27)18-19(23)26-20(32-18)25-13-4-6-14(7-5-13)31-10-2-9-24-21(28)29/h3-8,11,24H,2,9-10,23H2,1H3,(H,25,26)(H,28,29). The zero-order valence-corrected chi connectivity index (χ0v) is 17.9. The fraction of sp³-hybridized carbons (Fsp3) is 0.190. The first-order valence-corrected chi connectivity index (χ1v) is 10.3. The predicted molar refractivity (Wildman–Crippen MR) is 119 cm³/mol. The molecule has 0 aliphatic rings. The number of nitrogen functional groups attached to an aromatic ring is 1. The van der Waals surface area contributed by atoms with E-state index < -0.39 is 17.7 Å². The number of halogens is 1. The molecule has 0 radical (unpaired) electrons. The van der Waals surface area contributed by atoms with Crippen molar-refractivity contribution in [3.8, 4) is 11.5 Å². The number of anilines is 3. The number of amides is 1. The van der Waals surface area contributed by atoms with Crippen LogP contribution in [0.15, 0.2) is 42.5 Å². The molecule has 9 nitrogen and oxygen atoms in total. The van der Waals surface area contributed by atoms with Crippen molar-refractivity contribution in [2.24, 2.45) is 0 Å². The highest BCUT2D eigenvalue weighted by atomic mass is 32.1. The number of benzene rings is 2. The molecule has 168 valence electrons. The molecule has 0 aliphatic carbocycles. The van der Waals surface area contributed by atoms with E-state index in [0.29, 0.717) is 36.1 Å². The predicted octanol–water partition coefficient (Wildman–Crippen LogP) is 3.88. The van der Waals surface area contributed by atoms with Crippen LogP contribution >= 0.6 is 11.3 Å². The van der Waals surface area contributed by atoms with Crippen molar-refractivity contribution in [1.29, 1.82) is 0 Å². The zero-order chi connectivity index (χ0) is 23.1. The smallest absolute Gasteiger partial charge is 0.404 e. The molecule has 0 saturated carbocycles. The molecule has 0 spiro atoms. The second-order valence-electron chi connectivity index (χ2n) is 6.50. The van der Waals surface area contributed by atoms with Crippen molar-refractivity contribution < 1.29 is 28.6 Å². The Kier molecular flexibility index (Phi) is 7.45. The molecule has 32 heavy (non-hydrogen) atoms. The third-order valence-electron chi connectivity index (χ3n) is 4.25. The number of thiazole rings is 1. The van der Waals surface area contributed by atoms with Crippen LogP contribution in [0.2, 0.25) is 0 Å². The highest BCUT2D eigenvalue weighted by Crippen LogP contribution is 2.31. The van der Waals surface area contributed by atoms with Gasteiger partial charge in [0.15, 0.2) is 16.7 Å². The van der Waals surface area contributed by atoms with Gasteiger partial charge in [-0.25, -0.2) is 14.2 Å². The summed E-state index contributed by atoms with van der Waals surface area (Å²) < 4.78 is 24.3. The maximum Gasteiger partial charge on any atom is 0.404 e. The second kappa shape index (κ2) is 10.4. The van der Waals surface area contributed by atoms with Gasteiger partial charge in [-0.2, -0.15) is 0 Å². The van der Waals surface area contributed by atoms with Crippen LogP contribution in [0.1, 0.15) is 21.7 Å². The third-order valence-corrected chi connectivity index (χ3v) is 5.23. The highest BCUT2D eigenvalue weighted by molar-refractivity contribution is 7.18. The number of carboxylic acid groups (broad SMARTS) is 1. The number of nitrogens with one attached hydrogen (secondary N) is 2. The van der Waals surface area contributed by atoms with E-state index in [9.17, 15) is 14.0 Å². The third kappa shape index (κ3) is 5.85. The number of nitrogens with zero attached hydrogens (tertiary/aromatic N) is 1. The number of methoxy groups -OCH3 is 1. The summed E-state index contributed by atoms with van der Waals surface area (Å²) in [6, 6.07) is 11.0. The van der Waals surface area contributed by atoms with Gasteiger partial charge in [-0.1, -0.05) is 11.3 Å². The van der Waals surface area contributed by atoms with Gasteiger partial charge in [-0.3, -0.25) is 4.79 Å². The summed E-state index contributed by atoms with van der Waals surface area (Å²) in [4.78, 5) is 27.5. The number of hydrogen-bond acceptors (Lipinski definition) is 8. The number of ether oxygens (including phenoxy) is 2. The van der Waals surface area contributed by atoms with Crippen molar-refractivity contribution in [3.05, 3.63) is 58.7 Å². The van der Waals surface area contributed by atoms with Crippen LogP contribution in [-0.2, 0) is 0 Å². The Bertz CT molecular complexity index is 1100. The van der Waals surface area contributed by atoms with E-state index in [1.165, 1.54) is 19.2 Å². The van der Waals surface area contributed by atoms with Gasteiger partial charge >= 0.3 is 6.09 Å². The minimum absolute atomic E-state index is 0.0468. The molecule has 0 unspecified atom stereocenters. The summed E-state index contributed by atoms with van der Waals surface area (Å²) in [5.41, 5.74) is 6.75. The molecule has 11 heteroatoms. The van der Waals surface area contributed by atoms with Crippen molar-refractivity contribution in [2.45, 2.75) is 6.42 Å². The van der Waals surface area contributed by atoms with Crippen LogP contribution in [0.25, 0.3) is 0 Å². The lowest BCUT2D eigenvalue weighted by Crippen LogP contribution is -2.23. The van der Waals surface area contributed by atoms with Gasteiger partial charge in [-0.05, 0) is 48.9 Å². The van der Waals surface area contributed by atoms with Crippen LogP contribution in [0.3, 0.4) is 0 Å². The van der Waals surface area contributed by atoms with Crippen LogP contribution in [0, 0.1) is 5.82 Å². The van der Waals surface area contributed by atoms with Gasteiger partial charge in [-0.15, -0.1) is 0 Å². The molecular formula is C21H21FN4O5S. The SMILES string of the molecule is COc1ccc(C(=O)c2sc(Nc3ccc(OCCCNC(=O)O)cc3)nc2N)cc1F. The first-order valence-electron chi connectivity index (χ1n) is 9.48. The van der Waals surface area contributed by atoms with E-state index >= 15 is 0 Å². The monoisotopic (exact) mass is 460 g/mol. The average molecular weight is 460 g/mol. The number of rotatable bonds is 10. The Morgan fingerprint density at radius 2 is 1.97 bits per heavy atom. The number of carbonyl (C=O) groups excluding carboxylic acids is 1. The van der Waals surface area contributed by atoms with E-state index in [2.05, 4.69) is 15.6 Å². The molecule has 0 atom stereocenters. The first kappa shape index (κ1) is 22.8. The fourth-order valence-corrected chi connectivity index (χ4v) is 3.57. The van der Waals surface area contributed by atoms with E-state index in [-0.39, 0.29) is 22.0 Å². The fourth-order valence-electron chi connectivity index (χ4n) is 2.70. The minimum Gasteiger partial charge on any atom is -0.494 e. The lowest BCUT2D eigenvalue weighted by molar-refractivity contribution is 0.104. The van der Waals surface area contributed by atoms with Crippen LogP contribution in [-0.4, -0.2) is 42.2 Å². The summed E-state index contributed by atoms with van der Waals surface area (Å²) in [5.74, 6) is -0.350. The molecule has 5 N–H and O–H groups in total. The molecule has 1 heterocycles. The molecule has 0 fully saturated rings. The van der Waals surface area contributed by atoms with E-state index in [0.717, 1.165) is 17.4 Å². The molecule has 3 aromatic rings. The maximum atomic E-state index is 13.9. The van der Waals surface area contributed by atoms with Crippen LogP contribution < -0.4 is 25.8 Å². The molecule has 0 bridgehead atoms. The number of nitrogens with two attached hydrogens (primary N) is 1. The van der Waals surface area contributed by atoms with Crippen LogP contribution in [0.5, 0.6) is 11.5 Å². The quantitative estimate of drug-likeness (QED) is 0.264. The minimum atomic E-state index is -1.07. The van der Waals surface area contributed by atoms with E-state index in [4.69, 9.17) is 20.3 Å². The molecule has 0 saturated heterocycles. The number of hydrogen-bond donors (Lipinski definition) is 4.